The van der Waals surface area contributed by atoms with Crippen LogP contribution in [0.1, 0.15) is 27.0 Å². The number of esters is 1. The number of rotatable bonds is 13. The van der Waals surface area contributed by atoms with E-state index in [9.17, 15) is 13.2 Å². The van der Waals surface area contributed by atoms with E-state index >= 15 is 0 Å². The molecule has 9 nitrogen and oxygen atoms in total. The van der Waals surface area contributed by atoms with Crippen molar-refractivity contribution in [2.45, 2.75) is 24.6 Å². The largest absolute Gasteiger partial charge is 0.497 e. The van der Waals surface area contributed by atoms with Crippen molar-refractivity contribution in [1.82, 2.24) is 4.31 Å². The predicted octanol–water partition coefficient (Wildman–Crippen LogP) is 6.23. The van der Waals surface area contributed by atoms with E-state index in [1.54, 1.807) is 48.5 Å². The number of sulfonamides is 1. The molecule has 4 aromatic carbocycles. The summed E-state index contributed by atoms with van der Waals surface area (Å²) < 4.78 is 57.9. The standard InChI is InChI=1S/C32H32BrNO8S/c1-38-25-15-13-23(28(17-25)40-3)19-34(20-24-14-16-26(39-2)18-29(24)41-4)43(36,37)30-12-8-11-27(33)31(30)32(35)42-21-22-9-6-5-7-10-22/h5-18H,19-21H2,1-4H3. The summed E-state index contributed by atoms with van der Waals surface area (Å²) in [6.45, 7) is -0.193. The highest BCUT2D eigenvalue weighted by atomic mass is 79.9. The predicted molar refractivity (Wildman–Crippen MR) is 165 cm³/mol. The molecule has 226 valence electrons. The third-order valence-corrected chi connectivity index (χ3v) is 9.19. The lowest BCUT2D eigenvalue weighted by Crippen LogP contribution is -2.32. The van der Waals surface area contributed by atoms with E-state index in [0.29, 0.717) is 34.1 Å². The van der Waals surface area contributed by atoms with E-state index in [-0.39, 0.29) is 34.6 Å². The number of hydrogen-bond donors (Lipinski definition) is 0. The Labute approximate surface area is 260 Å². The summed E-state index contributed by atoms with van der Waals surface area (Å²) in [4.78, 5) is 13.2. The summed E-state index contributed by atoms with van der Waals surface area (Å²) in [5.41, 5.74) is 1.84. The maximum atomic E-state index is 14.5. The number of carbonyl (C=O) groups is 1. The van der Waals surface area contributed by atoms with Gasteiger partial charge in [-0.05, 0) is 45.8 Å². The van der Waals surface area contributed by atoms with E-state index in [4.69, 9.17) is 23.7 Å². The Bertz CT molecular complexity index is 1620. The SMILES string of the molecule is COc1ccc(CN(Cc2ccc(OC)cc2OC)S(=O)(=O)c2cccc(Br)c2C(=O)OCc2ccccc2)c(OC)c1. The van der Waals surface area contributed by atoms with Gasteiger partial charge in [-0.2, -0.15) is 4.31 Å². The first-order chi connectivity index (χ1) is 20.7. The molecule has 0 aliphatic carbocycles. The molecule has 0 N–H and O–H groups in total. The average Bonchev–Trinajstić information content (AvgIpc) is 3.03. The molecule has 0 aliphatic heterocycles. The van der Waals surface area contributed by atoms with Crippen LogP contribution in [0.2, 0.25) is 0 Å². The molecule has 43 heavy (non-hydrogen) atoms. The summed E-state index contributed by atoms with van der Waals surface area (Å²) in [7, 11) is 1.74. The second-order valence-corrected chi connectivity index (χ2v) is 12.1. The van der Waals surface area contributed by atoms with Crippen molar-refractivity contribution in [2.24, 2.45) is 0 Å². The zero-order valence-electron chi connectivity index (χ0n) is 24.2. The zero-order chi connectivity index (χ0) is 31.0. The number of ether oxygens (including phenoxy) is 5. The number of methoxy groups -OCH3 is 4. The highest BCUT2D eigenvalue weighted by molar-refractivity contribution is 9.10. The van der Waals surface area contributed by atoms with Crippen LogP contribution in [-0.2, 0) is 34.5 Å². The van der Waals surface area contributed by atoms with Crippen LogP contribution in [0.15, 0.2) is 94.3 Å². The van der Waals surface area contributed by atoms with Gasteiger partial charge in [0.05, 0.1) is 38.9 Å². The summed E-state index contributed by atoms with van der Waals surface area (Å²) in [6, 6.07) is 24.0. The van der Waals surface area contributed by atoms with Gasteiger partial charge in [-0.3, -0.25) is 0 Å². The van der Waals surface area contributed by atoms with Crippen LogP contribution in [0, 0.1) is 0 Å². The van der Waals surface area contributed by atoms with Crippen molar-refractivity contribution in [1.29, 1.82) is 0 Å². The van der Waals surface area contributed by atoms with Crippen molar-refractivity contribution in [3.05, 3.63) is 112 Å². The molecule has 0 unspecified atom stereocenters. The Morgan fingerprint density at radius 3 is 1.79 bits per heavy atom. The Balaban J connectivity index is 1.79. The van der Waals surface area contributed by atoms with E-state index in [2.05, 4.69) is 15.9 Å². The molecule has 0 atom stereocenters. The van der Waals surface area contributed by atoms with Crippen LogP contribution in [-0.4, -0.2) is 47.1 Å². The van der Waals surface area contributed by atoms with Crippen LogP contribution in [0.25, 0.3) is 0 Å². The Hall–Kier alpha value is -4.06. The van der Waals surface area contributed by atoms with Crippen LogP contribution < -0.4 is 18.9 Å². The third kappa shape index (κ3) is 7.48. The normalized spacial score (nSPS) is 11.2. The third-order valence-electron chi connectivity index (χ3n) is 6.69. The molecular weight excluding hydrogens is 638 g/mol. The molecule has 4 rings (SSSR count). The van der Waals surface area contributed by atoms with E-state index in [0.717, 1.165) is 5.56 Å². The summed E-state index contributed by atoms with van der Waals surface area (Å²) >= 11 is 3.38. The Morgan fingerprint density at radius 2 is 1.28 bits per heavy atom. The fraction of sp³-hybridized carbons (Fsp3) is 0.219. The van der Waals surface area contributed by atoms with Crippen molar-refractivity contribution < 1.29 is 36.9 Å². The lowest BCUT2D eigenvalue weighted by molar-refractivity contribution is 0.0466. The van der Waals surface area contributed by atoms with Crippen molar-refractivity contribution in [2.75, 3.05) is 28.4 Å². The van der Waals surface area contributed by atoms with Crippen molar-refractivity contribution >= 4 is 31.9 Å². The number of benzene rings is 4. The molecule has 0 aromatic heterocycles. The lowest BCUT2D eigenvalue weighted by atomic mass is 10.1. The van der Waals surface area contributed by atoms with Gasteiger partial charge in [0.1, 0.15) is 29.6 Å². The summed E-state index contributed by atoms with van der Waals surface area (Å²) in [6.07, 6.45) is 0. The van der Waals surface area contributed by atoms with E-state index in [1.165, 1.54) is 38.8 Å². The van der Waals surface area contributed by atoms with Gasteiger partial charge in [-0.15, -0.1) is 0 Å². The minimum absolute atomic E-state index is 0.0176. The second kappa shape index (κ2) is 14.4. The van der Waals surface area contributed by atoms with Gasteiger partial charge >= 0.3 is 5.97 Å². The van der Waals surface area contributed by atoms with Gasteiger partial charge < -0.3 is 23.7 Å². The first-order valence-electron chi connectivity index (χ1n) is 13.1. The summed E-state index contributed by atoms with van der Waals surface area (Å²) in [5, 5.41) is 0. The van der Waals surface area contributed by atoms with Crippen molar-refractivity contribution in [3.8, 4) is 23.0 Å². The van der Waals surface area contributed by atoms with Crippen LogP contribution in [0.3, 0.4) is 0 Å². The van der Waals surface area contributed by atoms with Crippen molar-refractivity contribution in [3.63, 3.8) is 0 Å². The van der Waals surface area contributed by atoms with Crippen LogP contribution in [0.4, 0.5) is 0 Å². The Morgan fingerprint density at radius 1 is 0.721 bits per heavy atom. The summed E-state index contributed by atoms with van der Waals surface area (Å²) in [5.74, 6) is 1.22. The maximum absolute atomic E-state index is 14.5. The zero-order valence-corrected chi connectivity index (χ0v) is 26.6. The molecule has 0 bridgehead atoms. The molecule has 0 radical (unpaired) electrons. The Kier molecular flexibility index (Phi) is 10.7. The molecule has 0 fully saturated rings. The molecule has 0 heterocycles. The smallest absolute Gasteiger partial charge is 0.341 e. The molecule has 0 saturated carbocycles. The molecule has 11 heteroatoms. The minimum atomic E-state index is -4.33. The molecule has 0 aliphatic rings. The number of halogens is 1. The van der Waals surface area contributed by atoms with Gasteiger partial charge in [0.2, 0.25) is 10.0 Å². The average molecular weight is 671 g/mol. The van der Waals surface area contributed by atoms with Gasteiger partial charge in [0.15, 0.2) is 0 Å². The fourth-order valence-electron chi connectivity index (χ4n) is 4.42. The number of hydrogen-bond acceptors (Lipinski definition) is 8. The first-order valence-corrected chi connectivity index (χ1v) is 15.4. The van der Waals surface area contributed by atoms with E-state index < -0.39 is 16.0 Å². The van der Waals surface area contributed by atoms with Gasteiger partial charge in [-0.1, -0.05) is 48.5 Å². The molecular formula is C32H32BrNO8S. The van der Waals surface area contributed by atoms with Crippen LogP contribution >= 0.6 is 15.9 Å². The van der Waals surface area contributed by atoms with Gasteiger partial charge in [0.25, 0.3) is 0 Å². The second-order valence-electron chi connectivity index (χ2n) is 9.30. The highest BCUT2D eigenvalue weighted by Gasteiger charge is 2.33. The van der Waals surface area contributed by atoms with Crippen LogP contribution in [0.5, 0.6) is 23.0 Å². The van der Waals surface area contributed by atoms with Gasteiger partial charge in [0, 0.05) is 40.8 Å². The van der Waals surface area contributed by atoms with Gasteiger partial charge in [-0.25, -0.2) is 13.2 Å². The minimum Gasteiger partial charge on any atom is -0.497 e. The fourth-order valence-corrected chi connectivity index (χ4v) is 6.68. The van der Waals surface area contributed by atoms with E-state index in [1.807, 2.05) is 30.3 Å². The number of nitrogens with zero attached hydrogens (tertiary/aromatic N) is 1. The number of carbonyl (C=O) groups excluding carboxylic acids is 1. The quantitative estimate of drug-likeness (QED) is 0.154. The monoisotopic (exact) mass is 669 g/mol. The highest BCUT2D eigenvalue weighted by Crippen LogP contribution is 2.34. The first kappa shape index (κ1) is 31.9. The molecule has 0 amide bonds. The molecule has 0 saturated heterocycles. The molecule has 0 spiro atoms. The lowest BCUT2D eigenvalue weighted by Gasteiger charge is -2.25. The maximum Gasteiger partial charge on any atom is 0.341 e. The topological polar surface area (TPSA) is 101 Å². The molecule has 4 aromatic rings.